The van der Waals surface area contributed by atoms with Crippen molar-refractivity contribution >= 4 is 5.82 Å². The number of nitrogens with zero attached hydrogens (tertiary/aromatic N) is 5. The van der Waals surface area contributed by atoms with Crippen LogP contribution in [0.3, 0.4) is 0 Å². The second kappa shape index (κ2) is 7.66. The quantitative estimate of drug-likeness (QED) is 0.815. The van der Waals surface area contributed by atoms with Gasteiger partial charge in [0.1, 0.15) is 6.33 Å². The molecule has 2 aromatic heterocycles. The molecule has 24 heavy (non-hydrogen) atoms. The summed E-state index contributed by atoms with van der Waals surface area (Å²) in [6, 6.07) is 4.05. The predicted octanol–water partition coefficient (Wildman–Crippen LogP) is 2.53. The van der Waals surface area contributed by atoms with Crippen molar-refractivity contribution in [2.24, 2.45) is 5.92 Å². The molecule has 2 aromatic rings. The maximum absolute atomic E-state index is 14.4. The van der Waals surface area contributed by atoms with Crippen LogP contribution in [0, 0.1) is 11.7 Å². The van der Waals surface area contributed by atoms with Gasteiger partial charge < -0.3 is 9.80 Å². The number of aryl methyl sites for hydroxylation is 1. The Morgan fingerprint density at radius 2 is 2.25 bits per heavy atom. The van der Waals surface area contributed by atoms with E-state index in [9.17, 15) is 4.39 Å². The van der Waals surface area contributed by atoms with Crippen molar-refractivity contribution in [1.29, 1.82) is 0 Å². The minimum absolute atomic E-state index is 0.260. The summed E-state index contributed by atoms with van der Waals surface area (Å²) in [7, 11) is 2.12. The van der Waals surface area contributed by atoms with E-state index in [2.05, 4.69) is 37.9 Å². The van der Waals surface area contributed by atoms with E-state index in [1.165, 1.54) is 11.9 Å². The van der Waals surface area contributed by atoms with Crippen LogP contribution in [0.4, 0.5) is 10.2 Å². The van der Waals surface area contributed by atoms with Crippen molar-refractivity contribution in [2.75, 3.05) is 31.6 Å². The molecule has 0 aliphatic carbocycles. The fourth-order valence-electron chi connectivity index (χ4n) is 3.35. The zero-order chi connectivity index (χ0) is 16.9. The van der Waals surface area contributed by atoms with Gasteiger partial charge in [0.05, 0.1) is 5.69 Å². The second-order valence-corrected chi connectivity index (χ2v) is 6.47. The van der Waals surface area contributed by atoms with Gasteiger partial charge in [0.25, 0.3) is 0 Å². The standard InChI is InChI=1S/C18H24FN5/c1-3-16-17(19)18(22-13-21-16)24-8-6-15(12-24)11-23(2)10-14-5-4-7-20-9-14/h4-5,7,9,13,15H,3,6,8,10-12H2,1-2H3/t15-/m0/s1. The van der Waals surface area contributed by atoms with Crippen molar-refractivity contribution in [1.82, 2.24) is 19.9 Å². The summed E-state index contributed by atoms with van der Waals surface area (Å²) >= 11 is 0. The lowest BCUT2D eigenvalue weighted by Gasteiger charge is -2.22. The van der Waals surface area contributed by atoms with Gasteiger partial charge in [0, 0.05) is 38.6 Å². The van der Waals surface area contributed by atoms with Crippen LogP contribution in [0.25, 0.3) is 0 Å². The Hall–Kier alpha value is -2.08. The van der Waals surface area contributed by atoms with Crippen LogP contribution in [-0.4, -0.2) is 46.5 Å². The molecular weight excluding hydrogens is 305 g/mol. The van der Waals surface area contributed by atoms with Crippen LogP contribution in [0.1, 0.15) is 24.6 Å². The van der Waals surface area contributed by atoms with Crippen LogP contribution in [0.5, 0.6) is 0 Å². The molecule has 128 valence electrons. The van der Waals surface area contributed by atoms with Crippen LogP contribution in [-0.2, 0) is 13.0 Å². The number of hydrogen-bond donors (Lipinski definition) is 0. The molecule has 0 amide bonds. The zero-order valence-corrected chi connectivity index (χ0v) is 14.3. The molecular formula is C18H24FN5. The molecule has 1 atom stereocenters. The summed E-state index contributed by atoms with van der Waals surface area (Å²) in [5, 5.41) is 0. The van der Waals surface area contributed by atoms with Crippen molar-refractivity contribution in [3.63, 3.8) is 0 Å². The molecule has 0 radical (unpaired) electrons. The van der Waals surface area contributed by atoms with Crippen LogP contribution in [0.2, 0.25) is 0 Å². The average Bonchev–Trinajstić information content (AvgIpc) is 3.04. The first-order valence-electron chi connectivity index (χ1n) is 8.49. The van der Waals surface area contributed by atoms with E-state index in [0.717, 1.165) is 32.6 Å². The van der Waals surface area contributed by atoms with E-state index in [1.54, 1.807) is 6.20 Å². The number of pyridine rings is 1. The van der Waals surface area contributed by atoms with E-state index < -0.39 is 0 Å². The summed E-state index contributed by atoms with van der Waals surface area (Å²) in [5.41, 5.74) is 1.71. The summed E-state index contributed by atoms with van der Waals surface area (Å²) in [5.74, 6) is 0.717. The number of hydrogen-bond acceptors (Lipinski definition) is 5. The first kappa shape index (κ1) is 16.8. The van der Waals surface area contributed by atoms with Crippen LogP contribution >= 0.6 is 0 Å². The summed E-state index contributed by atoms with van der Waals surface area (Å²) < 4.78 is 14.4. The monoisotopic (exact) mass is 329 g/mol. The van der Waals surface area contributed by atoms with Gasteiger partial charge in [0.2, 0.25) is 0 Å². The Morgan fingerprint density at radius 3 is 3.00 bits per heavy atom. The lowest BCUT2D eigenvalue weighted by Crippen LogP contribution is -2.29. The molecule has 0 aromatic carbocycles. The highest BCUT2D eigenvalue weighted by Crippen LogP contribution is 2.26. The molecule has 3 rings (SSSR count). The normalized spacial score (nSPS) is 17.7. The van der Waals surface area contributed by atoms with Crippen molar-refractivity contribution in [2.45, 2.75) is 26.3 Å². The molecule has 1 aliphatic rings. The van der Waals surface area contributed by atoms with Gasteiger partial charge in [-0.25, -0.2) is 14.4 Å². The molecule has 1 aliphatic heterocycles. The van der Waals surface area contributed by atoms with Gasteiger partial charge in [-0.05, 0) is 37.4 Å². The fraction of sp³-hybridized carbons (Fsp3) is 0.500. The van der Waals surface area contributed by atoms with Crippen LogP contribution in [0.15, 0.2) is 30.9 Å². The summed E-state index contributed by atoms with van der Waals surface area (Å²) in [6.45, 7) is 5.47. The Kier molecular flexibility index (Phi) is 5.35. The van der Waals surface area contributed by atoms with Gasteiger partial charge in [-0.1, -0.05) is 13.0 Å². The number of rotatable bonds is 6. The maximum atomic E-state index is 14.4. The maximum Gasteiger partial charge on any atom is 0.187 e. The highest BCUT2D eigenvalue weighted by atomic mass is 19.1. The lowest BCUT2D eigenvalue weighted by atomic mass is 10.1. The topological polar surface area (TPSA) is 45.2 Å². The zero-order valence-electron chi connectivity index (χ0n) is 14.3. The predicted molar refractivity (Wildman–Crippen MR) is 92.3 cm³/mol. The first-order chi connectivity index (χ1) is 11.7. The van der Waals surface area contributed by atoms with Gasteiger partial charge in [0.15, 0.2) is 11.6 Å². The molecule has 5 nitrogen and oxygen atoms in total. The number of aromatic nitrogens is 3. The molecule has 6 heteroatoms. The van der Waals surface area contributed by atoms with Crippen molar-refractivity contribution in [3.05, 3.63) is 47.9 Å². The Balaban J connectivity index is 1.57. The second-order valence-electron chi connectivity index (χ2n) is 6.47. The van der Waals surface area contributed by atoms with Crippen LogP contribution < -0.4 is 4.90 Å². The van der Waals surface area contributed by atoms with Gasteiger partial charge in [-0.2, -0.15) is 0 Å². The molecule has 3 heterocycles. The molecule has 0 saturated carbocycles. The lowest BCUT2D eigenvalue weighted by molar-refractivity contribution is 0.279. The highest BCUT2D eigenvalue weighted by molar-refractivity contribution is 5.42. The molecule has 1 saturated heterocycles. The van der Waals surface area contributed by atoms with Gasteiger partial charge in [-0.3, -0.25) is 4.98 Å². The first-order valence-corrected chi connectivity index (χ1v) is 8.49. The molecule has 0 unspecified atom stereocenters. The van der Waals surface area contributed by atoms with E-state index in [0.29, 0.717) is 23.9 Å². The fourth-order valence-corrected chi connectivity index (χ4v) is 3.35. The Bertz CT molecular complexity index is 664. The largest absolute Gasteiger partial charge is 0.354 e. The smallest absolute Gasteiger partial charge is 0.187 e. The third-order valence-corrected chi connectivity index (χ3v) is 4.51. The minimum Gasteiger partial charge on any atom is -0.354 e. The third kappa shape index (κ3) is 3.87. The van der Waals surface area contributed by atoms with E-state index in [-0.39, 0.29) is 5.82 Å². The highest BCUT2D eigenvalue weighted by Gasteiger charge is 2.27. The minimum atomic E-state index is -0.260. The Morgan fingerprint density at radius 1 is 1.38 bits per heavy atom. The third-order valence-electron chi connectivity index (χ3n) is 4.51. The average molecular weight is 329 g/mol. The summed E-state index contributed by atoms with van der Waals surface area (Å²) in [6.07, 6.45) is 6.81. The van der Waals surface area contributed by atoms with Gasteiger partial charge in [-0.15, -0.1) is 0 Å². The number of halogens is 1. The number of anilines is 1. The van der Waals surface area contributed by atoms with Crippen molar-refractivity contribution in [3.8, 4) is 0 Å². The van der Waals surface area contributed by atoms with Gasteiger partial charge >= 0.3 is 0 Å². The van der Waals surface area contributed by atoms with E-state index in [1.807, 2.05) is 19.2 Å². The van der Waals surface area contributed by atoms with Crippen molar-refractivity contribution < 1.29 is 4.39 Å². The molecule has 0 N–H and O–H groups in total. The molecule has 1 fully saturated rings. The van der Waals surface area contributed by atoms with E-state index >= 15 is 0 Å². The summed E-state index contributed by atoms with van der Waals surface area (Å²) in [4.78, 5) is 16.7. The SMILES string of the molecule is CCc1ncnc(N2CC[C@@H](CN(C)Cc3cccnc3)C2)c1F. The Labute approximate surface area is 142 Å². The van der Waals surface area contributed by atoms with E-state index in [4.69, 9.17) is 0 Å². The molecule has 0 bridgehead atoms. The molecule has 0 spiro atoms.